The summed E-state index contributed by atoms with van der Waals surface area (Å²) in [5, 5.41) is 0.501. The van der Waals surface area contributed by atoms with Crippen molar-refractivity contribution in [1.82, 2.24) is 4.31 Å². The molecule has 29 heavy (non-hydrogen) atoms. The van der Waals surface area contributed by atoms with Gasteiger partial charge in [-0.15, -0.1) is 11.3 Å². The Labute approximate surface area is 179 Å². The summed E-state index contributed by atoms with van der Waals surface area (Å²) >= 11 is 7.97. The smallest absolute Gasteiger partial charge is 0.239 e. The third kappa shape index (κ3) is 3.84. The van der Waals surface area contributed by atoms with Crippen molar-refractivity contribution in [2.24, 2.45) is 10.7 Å². The second kappa shape index (κ2) is 7.46. The van der Waals surface area contributed by atoms with Crippen molar-refractivity contribution < 1.29 is 13.2 Å². The van der Waals surface area contributed by atoms with Crippen LogP contribution in [0.5, 0.6) is 0 Å². The number of anilines is 1. The van der Waals surface area contributed by atoms with Crippen LogP contribution in [0, 0.1) is 0 Å². The largest absolute Gasteiger partial charge is 0.378 e. The fraction of sp³-hybridized carbons (Fsp3) is 0.421. The molecular formula is C19H23ClN4O3S2. The van der Waals surface area contributed by atoms with Gasteiger partial charge in [-0.05, 0) is 30.7 Å². The monoisotopic (exact) mass is 454 g/mol. The summed E-state index contributed by atoms with van der Waals surface area (Å²) in [6, 6.07) is 10.2. The van der Waals surface area contributed by atoms with Crippen LogP contribution < -0.4 is 10.6 Å². The zero-order valence-corrected chi connectivity index (χ0v) is 18.6. The molecule has 1 saturated heterocycles. The fourth-order valence-electron chi connectivity index (χ4n) is 3.60. The van der Waals surface area contributed by atoms with E-state index in [-0.39, 0.29) is 11.7 Å². The van der Waals surface area contributed by atoms with Gasteiger partial charge in [0.2, 0.25) is 16.0 Å². The molecule has 3 heterocycles. The number of halogens is 1. The van der Waals surface area contributed by atoms with Gasteiger partial charge in [0.1, 0.15) is 5.54 Å². The van der Waals surface area contributed by atoms with Crippen molar-refractivity contribution in [2.75, 3.05) is 44.0 Å². The minimum atomic E-state index is -3.55. The number of thiophene rings is 1. The molecule has 7 nitrogen and oxygen atoms in total. The van der Waals surface area contributed by atoms with Crippen LogP contribution in [0.4, 0.5) is 5.69 Å². The Kier molecular flexibility index (Phi) is 5.27. The molecule has 156 valence electrons. The Morgan fingerprint density at radius 1 is 1.24 bits per heavy atom. The normalized spacial score (nSPS) is 24.4. The summed E-state index contributed by atoms with van der Waals surface area (Å²) in [4.78, 5) is 8.41. The molecule has 0 unspecified atom stereocenters. The molecular weight excluding hydrogens is 432 g/mol. The lowest BCUT2D eigenvalue weighted by molar-refractivity contribution is 0.122. The zero-order valence-electron chi connectivity index (χ0n) is 16.3. The van der Waals surface area contributed by atoms with E-state index in [2.05, 4.69) is 34.2 Å². The number of rotatable bonds is 3. The van der Waals surface area contributed by atoms with Gasteiger partial charge in [0.15, 0.2) is 0 Å². The van der Waals surface area contributed by atoms with Crippen LogP contribution in [0.3, 0.4) is 0 Å². The predicted molar refractivity (Wildman–Crippen MR) is 118 cm³/mol. The van der Waals surface area contributed by atoms with Crippen molar-refractivity contribution in [3.8, 4) is 10.4 Å². The van der Waals surface area contributed by atoms with E-state index in [1.807, 2.05) is 6.07 Å². The van der Waals surface area contributed by atoms with Gasteiger partial charge in [-0.1, -0.05) is 23.7 Å². The van der Waals surface area contributed by atoms with Crippen molar-refractivity contribution in [3.05, 3.63) is 40.2 Å². The molecule has 0 amide bonds. The topological polar surface area (TPSA) is 88.2 Å². The first kappa shape index (κ1) is 20.5. The average molecular weight is 455 g/mol. The van der Waals surface area contributed by atoms with Gasteiger partial charge in [0, 0.05) is 30.7 Å². The number of guanidine groups is 1. The summed E-state index contributed by atoms with van der Waals surface area (Å²) in [7, 11) is -2.14. The number of hydrogen-bond acceptors (Lipinski definition) is 7. The minimum absolute atomic E-state index is 0.0281. The molecule has 2 N–H and O–H groups in total. The van der Waals surface area contributed by atoms with Gasteiger partial charge >= 0.3 is 0 Å². The van der Waals surface area contributed by atoms with Gasteiger partial charge in [-0.3, -0.25) is 0 Å². The van der Waals surface area contributed by atoms with E-state index in [0.717, 1.165) is 46.7 Å². The molecule has 2 aromatic rings. The van der Waals surface area contributed by atoms with Crippen LogP contribution in [0.25, 0.3) is 10.4 Å². The number of nitrogens with zero attached hydrogens (tertiary/aromatic N) is 3. The number of hydrogen-bond donors (Lipinski definition) is 1. The number of benzene rings is 1. The van der Waals surface area contributed by atoms with E-state index in [1.165, 1.54) is 18.4 Å². The number of ether oxygens (including phenoxy) is 1. The van der Waals surface area contributed by atoms with E-state index in [4.69, 9.17) is 22.1 Å². The Hall–Kier alpha value is -1.81. The van der Waals surface area contributed by atoms with Gasteiger partial charge < -0.3 is 15.4 Å². The molecule has 4 rings (SSSR count). The summed E-state index contributed by atoms with van der Waals surface area (Å²) in [6.07, 6.45) is 0. The lowest BCUT2D eigenvalue weighted by Crippen LogP contribution is -2.50. The molecule has 1 fully saturated rings. The van der Waals surface area contributed by atoms with Crippen LogP contribution in [-0.4, -0.2) is 57.8 Å². The number of nitrogens with two attached hydrogens (primary N) is 1. The highest BCUT2D eigenvalue weighted by atomic mass is 35.5. The Morgan fingerprint density at radius 3 is 2.52 bits per heavy atom. The van der Waals surface area contributed by atoms with E-state index >= 15 is 0 Å². The molecule has 0 bridgehead atoms. The van der Waals surface area contributed by atoms with Crippen LogP contribution in [0.1, 0.15) is 11.8 Å². The molecule has 1 aromatic heterocycles. The molecule has 1 aromatic carbocycles. The molecule has 0 aliphatic carbocycles. The molecule has 2 aliphatic heterocycles. The average Bonchev–Trinajstić information content (AvgIpc) is 3.09. The number of sulfonamides is 1. The summed E-state index contributed by atoms with van der Waals surface area (Å²) in [6.45, 7) is 5.01. The predicted octanol–water partition coefficient (Wildman–Crippen LogP) is 2.71. The van der Waals surface area contributed by atoms with Crippen molar-refractivity contribution in [2.45, 2.75) is 12.5 Å². The number of morpholine rings is 1. The van der Waals surface area contributed by atoms with E-state index in [9.17, 15) is 8.42 Å². The lowest BCUT2D eigenvalue weighted by atomic mass is 10.0. The van der Waals surface area contributed by atoms with E-state index in [0.29, 0.717) is 9.90 Å². The second-order valence-corrected chi connectivity index (χ2v) is 10.9. The Balaban J connectivity index is 1.65. The first-order valence-corrected chi connectivity index (χ1v) is 12.0. The van der Waals surface area contributed by atoms with E-state index < -0.39 is 15.6 Å². The van der Waals surface area contributed by atoms with Gasteiger partial charge in [-0.2, -0.15) is 0 Å². The van der Waals surface area contributed by atoms with Gasteiger partial charge in [-0.25, -0.2) is 17.7 Å². The Bertz CT molecular complexity index is 1050. The third-order valence-corrected chi connectivity index (χ3v) is 9.06. The Morgan fingerprint density at radius 2 is 1.90 bits per heavy atom. The van der Waals surface area contributed by atoms with Gasteiger partial charge in [0.25, 0.3) is 0 Å². The quantitative estimate of drug-likeness (QED) is 0.770. The molecule has 1 atom stereocenters. The van der Waals surface area contributed by atoms with Gasteiger partial charge in [0.05, 0.1) is 28.9 Å². The zero-order chi connectivity index (χ0) is 20.8. The molecule has 0 spiro atoms. The highest BCUT2D eigenvalue weighted by Gasteiger charge is 2.42. The molecule has 2 aliphatic rings. The summed E-state index contributed by atoms with van der Waals surface area (Å²) < 4.78 is 31.4. The van der Waals surface area contributed by atoms with Crippen molar-refractivity contribution >= 4 is 44.6 Å². The molecule has 0 saturated carbocycles. The van der Waals surface area contributed by atoms with Crippen molar-refractivity contribution in [1.29, 1.82) is 0 Å². The minimum Gasteiger partial charge on any atom is -0.378 e. The van der Waals surface area contributed by atoms with Crippen molar-refractivity contribution in [3.63, 3.8) is 0 Å². The number of aliphatic imine (C=N–C) groups is 1. The highest BCUT2D eigenvalue weighted by Crippen LogP contribution is 2.44. The summed E-state index contributed by atoms with van der Waals surface area (Å²) in [5.74, 6) is -0.202. The second-order valence-electron chi connectivity index (χ2n) is 7.40. The standard InChI is InChI=1S/C19H23ClN4O3S2/c1-19(12-29(25,26)23(2)18(21)22-19)17-15(20)11-16(28-17)13-3-5-14(6-4-13)24-7-9-27-10-8-24/h3-6,11H,7-10,12H2,1-2H3,(H2,21,22)/t19-/m0/s1. The first-order chi connectivity index (χ1) is 13.7. The highest BCUT2D eigenvalue weighted by molar-refractivity contribution is 7.89. The third-order valence-electron chi connectivity index (χ3n) is 5.27. The maximum atomic E-state index is 12.5. The molecule has 0 radical (unpaired) electrons. The maximum Gasteiger partial charge on any atom is 0.239 e. The van der Waals surface area contributed by atoms with Crippen LogP contribution in [0.15, 0.2) is 35.3 Å². The fourth-order valence-corrected chi connectivity index (χ4v) is 6.77. The lowest BCUT2D eigenvalue weighted by Gasteiger charge is -2.33. The van der Waals surface area contributed by atoms with Crippen LogP contribution >= 0.6 is 22.9 Å². The molecule has 10 heteroatoms. The summed E-state index contributed by atoms with van der Waals surface area (Å²) in [5.41, 5.74) is 7.04. The van der Waals surface area contributed by atoms with E-state index in [1.54, 1.807) is 6.92 Å². The first-order valence-electron chi connectivity index (χ1n) is 9.24. The van der Waals surface area contributed by atoms with Crippen LogP contribution in [-0.2, 0) is 20.3 Å². The van der Waals surface area contributed by atoms with Crippen LogP contribution in [0.2, 0.25) is 5.02 Å². The SMILES string of the molecule is CN1C(N)=N[C@](C)(c2sc(-c3ccc(N4CCOCC4)cc3)cc2Cl)CS1(=O)=O. The maximum absolute atomic E-state index is 12.5.